The number of anilines is 1. The predicted molar refractivity (Wildman–Crippen MR) is 84.7 cm³/mol. The minimum atomic E-state index is -0.0490. The van der Waals surface area contributed by atoms with E-state index >= 15 is 0 Å². The maximum atomic E-state index is 12.0. The highest BCUT2D eigenvalue weighted by atomic mass is 16.5. The fraction of sp³-hybridized carbons (Fsp3) is 0.412. The van der Waals surface area contributed by atoms with Gasteiger partial charge in [0.2, 0.25) is 5.91 Å². The molecule has 0 spiro atoms. The van der Waals surface area contributed by atoms with Gasteiger partial charge in [0.1, 0.15) is 0 Å². The minimum absolute atomic E-state index is 0.00514. The number of ether oxygens (including phenoxy) is 1. The van der Waals surface area contributed by atoms with Crippen molar-refractivity contribution in [2.24, 2.45) is 5.92 Å². The molecule has 1 saturated heterocycles. The van der Waals surface area contributed by atoms with Gasteiger partial charge in [-0.05, 0) is 37.3 Å². The van der Waals surface area contributed by atoms with E-state index in [1.165, 1.54) is 11.1 Å². The Balaban J connectivity index is 1.55. The number of aromatic nitrogens is 2. The molecule has 22 heavy (non-hydrogen) atoms. The summed E-state index contributed by atoms with van der Waals surface area (Å²) in [5, 5.41) is 10.0. The molecule has 0 bridgehead atoms. The molecule has 1 atom stereocenters. The Morgan fingerprint density at radius 2 is 2.27 bits per heavy atom. The number of hydrogen-bond acceptors (Lipinski definition) is 3. The van der Waals surface area contributed by atoms with Crippen LogP contribution >= 0.6 is 0 Å². The first kappa shape index (κ1) is 14.8. The van der Waals surface area contributed by atoms with Crippen molar-refractivity contribution in [2.75, 3.05) is 18.5 Å². The summed E-state index contributed by atoms with van der Waals surface area (Å²) in [5.41, 5.74) is 3.67. The number of carbonyl (C=O) groups excluding carboxylic acids is 1. The largest absolute Gasteiger partial charge is 0.381 e. The van der Waals surface area contributed by atoms with Gasteiger partial charge in [-0.3, -0.25) is 9.89 Å². The van der Waals surface area contributed by atoms with E-state index in [1.54, 1.807) is 0 Å². The average Bonchev–Trinajstić information content (AvgIpc) is 3.18. The Hall–Kier alpha value is -2.14. The number of nitrogens with zero attached hydrogens (tertiary/aromatic N) is 1. The van der Waals surface area contributed by atoms with Crippen LogP contribution in [-0.2, 0) is 22.4 Å². The molecule has 0 saturated carbocycles. The summed E-state index contributed by atoms with van der Waals surface area (Å²) in [6.07, 6.45) is 2.62. The van der Waals surface area contributed by atoms with E-state index in [2.05, 4.69) is 46.7 Å². The number of rotatable bonds is 5. The fourth-order valence-electron chi connectivity index (χ4n) is 2.68. The zero-order chi connectivity index (χ0) is 15.4. The quantitative estimate of drug-likeness (QED) is 0.891. The van der Waals surface area contributed by atoms with Crippen molar-refractivity contribution in [3.63, 3.8) is 0 Å². The first-order chi connectivity index (χ1) is 10.7. The lowest BCUT2D eigenvalue weighted by atomic mass is 10.0. The van der Waals surface area contributed by atoms with Gasteiger partial charge < -0.3 is 10.1 Å². The van der Waals surface area contributed by atoms with Crippen LogP contribution in [-0.4, -0.2) is 29.3 Å². The van der Waals surface area contributed by atoms with Gasteiger partial charge in [-0.25, -0.2) is 0 Å². The summed E-state index contributed by atoms with van der Waals surface area (Å²) in [6.45, 7) is 3.30. The minimum Gasteiger partial charge on any atom is -0.381 e. The normalized spacial score (nSPS) is 17.6. The zero-order valence-electron chi connectivity index (χ0n) is 12.8. The third-order valence-electron chi connectivity index (χ3n) is 4.11. The molecule has 2 N–H and O–H groups in total. The van der Waals surface area contributed by atoms with Crippen molar-refractivity contribution in [2.45, 2.75) is 26.2 Å². The SMILES string of the molecule is Cc1ccccc1CCc1cc(NC(=O)[C@@H]2CCOC2)n[nH]1. The summed E-state index contributed by atoms with van der Waals surface area (Å²) < 4.78 is 5.23. The van der Waals surface area contributed by atoms with E-state index < -0.39 is 0 Å². The third kappa shape index (κ3) is 3.54. The van der Waals surface area contributed by atoms with E-state index in [0.29, 0.717) is 19.0 Å². The molecule has 1 aliphatic heterocycles. The maximum Gasteiger partial charge on any atom is 0.231 e. The standard InChI is InChI=1S/C17H21N3O2/c1-12-4-2-3-5-13(12)6-7-15-10-16(20-19-15)18-17(21)14-8-9-22-11-14/h2-5,10,14H,6-9,11H2,1H3,(H2,18,19,20,21)/t14-/m1/s1. The average molecular weight is 299 g/mol. The molecule has 2 heterocycles. The molecule has 1 aliphatic rings. The van der Waals surface area contributed by atoms with Gasteiger partial charge >= 0.3 is 0 Å². The number of nitrogens with one attached hydrogen (secondary N) is 2. The van der Waals surface area contributed by atoms with Crippen molar-refractivity contribution in [3.8, 4) is 0 Å². The van der Waals surface area contributed by atoms with Gasteiger partial charge in [0.15, 0.2) is 5.82 Å². The summed E-state index contributed by atoms with van der Waals surface area (Å²) in [5.74, 6) is 0.540. The van der Waals surface area contributed by atoms with Gasteiger partial charge in [-0.15, -0.1) is 0 Å². The van der Waals surface area contributed by atoms with Crippen LogP contribution in [0.4, 0.5) is 5.82 Å². The molecule has 0 aliphatic carbocycles. The molecule has 5 nitrogen and oxygen atoms in total. The molecule has 0 unspecified atom stereocenters. The van der Waals surface area contributed by atoms with Gasteiger partial charge in [0.05, 0.1) is 12.5 Å². The van der Waals surface area contributed by atoms with Crippen LogP contribution in [0.1, 0.15) is 23.2 Å². The molecule has 5 heteroatoms. The maximum absolute atomic E-state index is 12.0. The van der Waals surface area contributed by atoms with Gasteiger partial charge in [0, 0.05) is 18.4 Å². The van der Waals surface area contributed by atoms with Crippen molar-refractivity contribution >= 4 is 11.7 Å². The van der Waals surface area contributed by atoms with Gasteiger partial charge in [-0.1, -0.05) is 24.3 Å². The molecular formula is C17H21N3O2. The van der Waals surface area contributed by atoms with Crippen LogP contribution in [0, 0.1) is 12.8 Å². The Morgan fingerprint density at radius 1 is 1.41 bits per heavy atom. The molecule has 3 rings (SSSR count). The second-order valence-corrected chi connectivity index (χ2v) is 5.75. The monoisotopic (exact) mass is 299 g/mol. The number of benzene rings is 1. The Morgan fingerprint density at radius 3 is 3.05 bits per heavy atom. The number of aryl methyl sites for hydroxylation is 3. The van der Waals surface area contributed by atoms with Crippen LogP contribution < -0.4 is 5.32 Å². The molecule has 0 radical (unpaired) electrons. The highest BCUT2D eigenvalue weighted by Crippen LogP contribution is 2.16. The molecule has 1 amide bonds. The fourth-order valence-corrected chi connectivity index (χ4v) is 2.68. The van der Waals surface area contributed by atoms with Crippen LogP contribution in [0.3, 0.4) is 0 Å². The number of H-pyrrole nitrogens is 1. The number of hydrogen-bond donors (Lipinski definition) is 2. The summed E-state index contributed by atoms with van der Waals surface area (Å²) in [4.78, 5) is 12.0. The van der Waals surface area contributed by atoms with E-state index in [4.69, 9.17) is 4.74 Å². The first-order valence-corrected chi connectivity index (χ1v) is 7.70. The number of amides is 1. The summed E-state index contributed by atoms with van der Waals surface area (Å²) in [7, 11) is 0. The van der Waals surface area contributed by atoms with E-state index in [1.807, 2.05) is 6.07 Å². The molecular weight excluding hydrogens is 278 g/mol. The smallest absolute Gasteiger partial charge is 0.231 e. The van der Waals surface area contributed by atoms with Crippen molar-refractivity contribution in [1.82, 2.24) is 10.2 Å². The lowest BCUT2D eigenvalue weighted by Gasteiger charge is -2.06. The molecule has 116 valence electrons. The first-order valence-electron chi connectivity index (χ1n) is 7.70. The zero-order valence-corrected chi connectivity index (χ0v) is 12.8. The molecule has 1 aromatic heterocycles. The van der Waals surface area contributed by atoms with Gasteiger partial charge in [0.25, 0.3) is 0 Å². The molecule has 1 aromatic carbocycles. The number of aromatic amines is 1. The number of carbonyl (C=O) groups is 1. The van der Waals surface area contributed by atoms with Crippen LogP contribution in [0.2, 0.25) is 0 Å². The van der Waals surface area contributed by atoms with Crippen molar-refractivity contribution < 1.29 is 9.53 Å². The second-order valence-electron chi connectivity index (χ2n) is 5.75. The third-order valence-corrected chi connectivity index (χ3v) is 4.11. The van der Waals surface area contributed by atoms with Crippen molar-refractivity contribution in [3.05, 3.63) is 47.2 Å². The molecule has 1 fully saturated rings. The lowest BCUT2D eigenvalue weighted by molar-refractivity contribution is -0.119. The molecule has 2 aromatic rings. The van der Waals surface area contributed by atoms with E-state index in [-0.39, 0.29) is 11.8 Å². The summed E-state index contributed by atoms with van der Waals surface area (Å²) >= 11 is 0. The topological polar surface area (TPSA) is 67.0 Å². The van der Waals surface area contributed by atoms with E-state index in [0.717, 1.165) is 25.0 Å². The van der Waals surface area contributed by atoms with Gasteiger partial charge in [-0.2, -0.15) is 5.10 Å². The second kappa shape index (κ2) is 6.75. The van der Waals surface area contributed by atoms with Crippen LogP contribution in [0.25, 0.3) is 0 Å². The Labute approximate surface area is 130 Å². The highest BCUT2D eigenvalue weighted by molar-refractivity contribution is 5.91. The van der Waals surface area contributed by atoms with Crippen LogP contribution in [0.5, 0.6) is 0 Å². The Kier molecular flexibility index (Phi) is 4.53. The predicted octanol–water partition coefficient (Wildman–Crippen LogP) is 2.48. The lowest BCUT2D eigenvalue weighted by Crippen LogP contribution is -2.22. The van der Waals surface area contributed by atoms with E-state index in [9.17, 15) is 4.79 Å². The van der Waals surface area contributed by atoms with Crippen LogP contribution in [0.15, 0.2) is 30.3 Å². The Bertz CT molecular complexity index is 645. The summed E-state index contributed by atoms with van der Waals surface area (Å²) in [6, 6.07) is 10.3. The highest BCUT2D eigenvalue weighted by Gasteiger charge is 2.23. The van der Waals surface area contributed by atoms with Crippen molar-refractivity contribution in [1.29, 1.82) is 0 Å².